The molecule has 54 heavy (non-hydrogen) atoms. The molecule has 6 rings (SSSR count). The summed E-state index contributed by atoms with van der Waals surface area (Å²) in [6, 6.07) is 17.3. The number of benzene rings is 3. The molecule has 282 valence electrons. The van der Waals surface area contributed by atoms with Crippen molar-refractivity contribution in [3.8, 4) is 5.75 Å². The normalized spacial score (nSPS) is 28.1. The van der Waals surface area contributed by atoms with Gasteiger partial charge >= 0.3 is 5.97 Å². The van der Waals surface area contributed by atoms with Gasteiger partial charge in [0.2, 0.25) is 11.8 Å². The lowest BCUT2D eigenvalue weighted by Crippen LogP contribution is -2.77. The molecule has 14 heteroatoms. The van der Waals surface area contributed by atoms with E-state index in [1.165, 1.54) is 32.0 Å². The number of nitrogens with zero attached hydrogens (tertiary/aromatic N) is 1. The minimum absolute atomic E-state index is 0.0217. The van der Waals surface area contributed by atoms with Gasteiger partial charge in [0.05, 0.1) is 29.5 Å². The first-order valence-electron chi connectivity index (χ1n) is 17.5. The molecule has 0 spiro atoms. The average Bonchev–Trinajstić information content (AvgIpc) is 3.14. The van der Waals surface area contributed by atoms with Crippen molar-refractivity contribution in [1.29, 1.82) is 0 Å². The molecule has 0 heterocycles. The van der Waals surface area contributed by atoms with Gasteiger partial charge in [-0.2, -0.15) is 0 Å². The molecule has 0 bridgehead atoms. The van der Waals surface area contributed by atoms with Crippen LogP contribution in [0.5, 0.6) is 5.75 Å². The molecule has 0 radical (unpaired) electrons. The fourth-order valence-electron chi connectivity index (χ4n) is 8.57. The lowest BCUT2D eigenvalue weighted by molar-refractivity contribution is -0.196. The molecular weight excluding hydrogens is 698 g/mol. The summed E-state index contributed by atoms with van der Waals surface area (Å²) in [4.78, 5) is 97.1. The van der Waals surface area contributed by atoms with Gasteiger partial charge in [-0.3, -0.25) is 33.7 Å². The Balaban J connectivity index is 1.44. The fraction of sp³-hybridized carbons (Fsp3) is 0.375. The van der Waals surface area contributed by atoms with Gasteiger partial charge in [0.1, 0.15) is 12.4 Å². The summed E-state index contributed by atoms with van der Waals surface area (Å²) in [6.45, 7) is 1.36. The topological polar surface area (TPSA) is 231 Å². The third kappa shape index (κ3) is 6.29. The minimum Gasteiger partial charge on any atom is -0.507 e. The summed E-state index contributed by atoms with van der Waals surface area (Å²) in [7, 11) is 2.79. The molecule has 2 fully saturated rings. The van der Waals surface area contributed by atoms with Crippen molar-refractivity contribution in [2.45, 2.75) is 56.1 Å². The monoisotopic (exact) mass is 739 g/mol. The van der Waals surface area contributed by atoms with Crippen molar-refractivity contribution in [2.24, 2.45) is 29.4 Å². The van der Waals surface area contributed by atoms with Gasteiger partial charge < -0.3 is 31.1 Å². The largest absolute Gasteiger partial charge is 0.507 e. The molecule has 6 N–H and O–H groups in total. The van der Waals surface area contributed by atoms with E-state index < -0.39 is 106 Å². The zero-order valence-corrected chi connectivity index (χ0v) is 29.8. The highest BCUT2D eigenvalue weighted by molar-refractivity contribution is 6.32. The Kier molecular flexibility index (Phi) is 10.4. The fourth-order valence-corrected chi connectivity index (χ4v) is 8.57. The van der Waals surface area contributed by atoms with E-state index in [1.807, 2.05) is 30.3 Å². The summed E-state index contributed by atoms with van der Waals surface area (Å²) >= 11 is 0. The number of hydrogen-bond donors (Lipinski definition) is 5. The van der Waals surface area contributed by atoms with E-state index in [-0.39, 0.29) is 24.2 Å². The standard InChI is InChI=1S/C40H41N3O11/c1-19-25-22(31(39(52)54-18-21-12-8-5-9-13-21)42-24(45)17-14-20-10-6-4-7-11-20)15-16-23(44)27(25)33(46)28-26(19)34(47)30-32(43(2)3)35(48)29(38(41)51)37(50)40(30,53)36(28)49/h4-13,15-16,19,26,28-32,34,44,47,53H,14,17-18H2,1-3H3,(H2,41,51)(H,42,45)/t19-,26+,28?,29?,30+,31?,32-,34-,40-/m1/s1. The van der Waals surface area contributed by atoms with Gasteiger partial charge in [-0.25, -0.2) is 4.79 Å². The van der Waals surface area contributed by atoms with Crippen LogP contribution < -0.4 is 11.1 Å². The number of carbonyl (C=O) groups is 7. The Hall–Kier alpha value is -5.57. The molecule has 3 aromatic carbocycles. The number of ketones is 4. The number of esters is 1. The van der Waals surface area contributed by atoms with E-state index in [1.54, 1.807) is 30.3 Å². The van der Waals surface area contributed by atoms with Gasteiger partial charge in [0, 0.05) is 12.3 Å². The highest BCUT2D eigenvalue weighted by Gasteiger charge is 2.73. The van der Waals surface area contributed by atoms with Crippen LogP contribution in [0.4, 0.5) is 0 Å². The minimum atomic E-state index is -3.17. The zero-order valence-electron chi connectivity index (χ0n) is 29.8. The second kappa shape index (κ2) is 14.7. The SMILES string of the molecule is C[C@@H]1c2c(C(NC(=O)CCc3ccccc3)C(=O)OCc3ccccc3)ccc(O)c2C(=O)C2C(=O)[C@@]3(O)C(=O)C(C(N)=O)C(=O)[C@H](N(C)C)[C@H]3[C@H](O)[C@H]21. The van der Waals surface area contributed by atoms with E-state index in [0.717, 1.165) is 11.6 Å². The van der Waals surface area contributed by atoms with Crippen LogP contribution in [0, 0.1) is 23.7 Å². The lowest BCUT2D eigenvalue weighted by atomic mass is 9.49. The molecule has 3 unspecified atom stereocenters. The number of ether oxygens (including phenoxy) is 1. The van der Waals surface area contributed by atoms with Gasteiger partial charge in [0.15, 0.2) is 40.7 Å². The van der Waals surface area contributed by atoms with Crippen molar-refractivity contribution in [2.75, 3.05) is 14.1 Å². The molecule has 14 nitrogen and oxygen atoms in total. The maximum absolute atomic E-state index is 14.4. The van der Waals surface area contributed by atoms with Crippen LogP contribution in [0.15, 0.2) is 72.8 Å². The number of hydrogen-bond acceptors (Lipinski definition) is 12. The molecule has 0 saturated heterocycles. The van der Waals surface area contributed by atoms with Gasteiger partial charge in [-0.15, -0.1) is 0 Å². The number of amides is 2. The number of aliphatic hydroxyl groups is 2. The number of aromatic hydroxyl groups is 1. The Morgan fingerprint density at radius 2 is 1.54 bits per heavy atom. The number of likely N-dealkylation sites (N-methyl/N-ethyl adjacent to an activating group) is 1. The Labute approximate surface area is 310 Å². The maximum Gasteiger partial charge on any atom is 0.333 e. The molecule has 3 aliphatic rings. The van der Waals surface area contributed by atoms with Crippen LogP contribution in [0.1, 0.15) is 57.9 Å². The zero-order chi connectivity index (χ0) is 39.2. The predicted octanol–water partition coefficient (Wildman–Crippen LogP) is 0.932. The number of nitrogens with one attached hydrogen (secondary N) is 1. The number of Topliss-reactive ketones (excluding diaryl/α,β-unsaturated/α-hetero) is 4. The molecule has 3 aromatic rings. The van der Waals surface area contributed by atoms with Crippen molar-refractivity contribution < 1.29 is 53.6 Å². The predicted molar refractivity (Wildman–Crippen MR) is 189 cm³/mol. The van der Waals surface area contributed by atoms with Crippen LogP contribution in [-0.4, -0.2) is 93.0 Å². The first-order chi connectivity index (χ1) is 25.6. The van der Waals surface area contributed by atoms with Crippen molar-refractivity contribution in [1.82, 2.24) is 10.2 Å². The van der Waals surface area contributed by atoms with Gasteiger partial charge in [-0.1, -0.05) is 73.7 Å². The third-order valence-corrected chi connectivity index (χ3v) is 11.1. The van der Waals surface area contributed by atoms with Crippen LogP contribution in [0.2, 0.25) is 0 Å². The average molecular weight is 740 g/mol. The second-order valence-corrected chi connectivity index (χ2v) is 14.4. The highest BCUT2D eigenvalue weighted by Crippen LogP contribution is 2.55. The molecule has 9 atom stereocenters. The number of aryl methyl sites for hydroxylation is 1. The maximum atomic E-state index is 14.4. The summed E-state index contributed by atoms with van der Waals surface area (Å²) in [6.07, 6.45) is -1.58. The summed E-state index contributed by atoms with van der Waals surface area (Å²) in [5, 5.41) is 37.9. The highest BCUT2D eigenvalue weighted by atomic mass is 16.5. The summed E-state index contributed by atoms with van der Waals surface area (Å²) < 4.78 is 5.66. The number of fused-ring (bicyclic) bond motifs is 3. The van der Waals surface area contributed by atoms with E-state index in [0.29, 0.717) is 12.0 Å². The smallest absolute Gasteiger partial charge is 0.333 e. The number of phenols is 1. The number of carbonyl (C=O) groups excluding carboxylic acids is 7. The number of primary amides is 1. The van der Waals surface area contributed by atoms with E-state index in [2.05, 4.69) is 5.32 Å². The quantitative estimate of drug-likeness (QED) is 0.145. The molecule has 3 aliphatic carbocycles. The number of phenolic OH excluding ortho intramolecular Hbond substituents is 1. The van der Waals surface area contributed by atoms with E-state index in [4.69, 9.17) is 10.5 Å². The van der Waals surface area contributed by atoms with Crippen LogP contribution in [0.25, 0.3) is 0 Å². The molecule has 2 amide bonds. The molecule has 2 saturated carbocycles. The molecular formula is C40H41N3O11. The number of rotatable bonds is 10. The Bertz CT molecular complexity index is 2030. The first kappa shape index (κ1) is 38.2. The Morgan fingerprint density at radius 1 is 0.926 bits per heavy atom. The van der Waals surface area contributed by atoms with Crippen molar-refractivity contribution in [3.05, 3.63) is 101 Å². The van der Waals surface area contributed by atoms with Gasteiger partial charge in [-0.05, 0) is 54.8 Å². The van der Waals surface area contributed by atoms with Gasteiger partial charge in [0.25, 0.3) is 0 Å². The molecule has 0 aliphatic heterocycles. The van der Waals surface area contributed by atoms with Crippen LogP contribution in [-0.2, 0) is 46.5 Å². The van der Waals surface area contributed by atoms with E-state index in [9.17, 15) is 48.9 Å². The summed E-state index contributed by atoms with van der Waals surface area (Å²) in [5.41, 5.74) is 3.40. The Morgan fingerprint density at radius 3 is 2.13 bits per heavy atom. The van der Waals surface area contributed by atoms with Crippen molar-refractivity contribution >= 4 is 40.9 Å². The number of aliphatic hydroxyl groups excluding tert-OH is 1. The second-order valence-electron chi connectivity index (χ2n) is 14.4. The van der Waals surface area contributed by atoms with Crippen LogP contribution >= 0.6 is 0 Å². The lowest BCUT2D eigenvalue weighted by Gasteiger charge is -2.56. The van der Waals surface area contributed by atoms with Crippen molar-refractivity contribution in [3.63, 3.8) is 0 Å². The summed E-state index contributed by atoms with van der Waals surface area (Å²) in [5.74, 6) is -16.8. The molecule has 0 aromatic heterocycles. The third-order valence-electron chi connectivity index (χ3n) is 11.1. The van der Waals surface area contributed by atoms with E-state index >= 15 is 0 Å². The van der Waals surface area contributed by atoms with Crippen LogP contribution in [0.3, 0.4) is 0 Å². The number of nitrogens with two attached hydrogens (primary N) is 1. The first-order valence-corrected chi connectivity index (χ1v) is 17.5.